The first-order valence-electron chi connectivity index (χ1n) is 5.70. The van der Waals surface area contributed by atoms with Gasteiger partial charge in [0.2, 0.25) is 0 Å². The van der Waals surface area contributed by atoms with Crippen molar-refractivity contribution < 1.29 is 13.6 Å². The van der Waals surface area contributed by atoms with E-state index in [1.165, 1.54) is 6.07 Å². The zero-order valence-corrected chi connectivity index (χ0v) is 11.0. The molecule has 0 N–H and O–H groups in total. The van der Waals surface area contributed by atoms with Crippen LogP contribution in [0.4, 0.5) is 8.78 Å². The Morgan fingerprint density at radius 3 is 2.53 bits per heavy atom. The highest BCUT2D eigenvalue weighted by atomic mass is 35.5. The van der Waals surface area contributed by atoms with E-state index in [9.17, 15) is 13.6 Å². The van der Waals surface area contributed by atoms with Gasteiger partial charge in [0, 0.05) is 23.1 Å². The quantitative estimate of drug-likeness (QED) is 0.764. The van der Waals surface area contributed by atoms with E-state index >= 15 is 0 Å². The van der Waals surface area contributed by atoms with Gasteiger partial charge in [-0.25, -0.2) is 8.78 Å². The standard InChI is InChI=1S/C15H11ClF2O/c1-9-6-11(16)3-5-13(9)15(19)7-10-2-4-12(17)8-14(10)18/h2-6,8H,7H2,1H3. The summed E-state index contributed by atoms with van der Waals surface area (Å²) in [6.07, 6.45) is -0.103. The maximum Gasteiger partial charge on any atom is 0.167 e. The van der Waals surface area contributed by atoms with Gasteiger partial charge in [-0.05, 0) is 42.3 Å². The maximum atomic E-state index is 13.5. The fourth-order valence-electron chi connectivity index (χ4n) is 1.87. The lowest BCUT2D eigenvalue weighted by Gasteiger charge is -2.06. The van der Waals surface area contributed by atoms with Crippen LogP contribution in [0.25, 0.3) is 0 Å². The molecule has 0 aliphatic rings. The summed E-state index contributed by atoms with van der Waals surface area (Å²) in [4.78, 5) is 12.1. The summed E-state index contributed by atoms with van der Waals surface area (Å²) in [7, 11) is 0. The minimum Gasteiger partial charge on any atom is -0.294 e. The van der Waals surface area contributed by atoms with Crippen molar-refractivity contribution >= 4 is 17.4 Å². The second kappa shape index (κ2) is 5.49. The second-order valence-corrected chi connectivity index (χ2v) is 4.73. The molecule has 2 aromatic carbocycles. The van der Waals surface area contributed by atoms with E-state index in [4.69, 9.17) is 11.6 Å². The van der Waals surface area contributed by atoms with Crippen molar-refractivity contribution in [3.63, 3.8) is 0 Å². The highest BCUT2D eigenvalue weighted by molar-refractivity contribution is 6.30. The molecule has 19 heavy (non-hydrogen) atoms. The summed E-state index contributed by atoms with van der Waals surface area (Å²) in [6, 6.07) is 8.10. The van der Waals surface area contributed by atoms with Crippen LogP contribution >= 0.6 is 11.6 Å². The molecule has 0 spiro atoms. The van der Waals surface area contributed by atoms with Crippen molar-refractivity contribution in [3.05, 3.63) is 69.7 Å². The highest BCUT2D eigenvalue weighted by Crippen LogP contribution is 2.18. The van der Waals surface area contributed by atoms with Gasteiger partial charge in [-0.15, -0.1) is 0 Å². The number of carbonyl (C=O) groups excluding carboxylic acids is 1. The highest BCUT2D eigenvalue weighted by Gasteiger charge is 2.13. The second-order valence-electron chi connectivity index (χ2n) is 4.29. The van der Waals surface area contributed by atoms with E-state index in [0.29, 0.717) is 10.6 Å². The Hall–Kier alpha value is -1.74. The van der Waals surface area contributed by atoms with Crippen LogP contribution in [0.15, 0.2) is 36.4 Å². The van der Waals surface area contributed by atoms with Gasteiger partial charge in [-0.3, -0.25) is 4.79 Å². The predicted molar refractivity (Wildman–Crippen MR) is 70.6 cm³/mol. The summed E-state index contributed by atoms with van der Waals surface area (Å²) in [5.74, 6) is -1.59. The van der Waals surface area contributed by atoms with Gasteiger partial charge in [-0.1, -0.05) is 17.7 Å². The van der Waals surface area contributed by atoms with E-state index < -0.39 is 11.6 Å². The molecule has 4 heteroatoms. The molecule has 0 bridgehead atoms. The zero-order valence-electron chi connectivity index (χ0n) is 10.2. The van der Waals surface area contributed by atoms with Crippen molar-refractivity contribution in [3.8, 4) is 0 Å². The van der Waals surface area contributed by atoms with Crippen LogP contribution in [0.3, 0.4) is 0 Å². The van der Waals surface area contributed by atoms with Gasteiger partial charge in [-0.2, -0.15) is 0 Å². The minimum absolute atomic E-state index is 0.103. The van der Waals surface area contributed by atoms with Crippen molar-refractivity contribution in [2.75, 3.05) is 0 Å². The average molecular weight is 281 g/mol. The van der Waals surface area contributed by atoms with Gasteiger partial charge in [0.05, 0.1) is 0 Å². The van der Waals surface area contributed by atoms with Crippen LogP contribution in [-0.2, 0) is 6.42 Å². The lowest BCUT2D eigenvalue weighted by molar-refractivity contribution is 0.0991. The molecular formula is C15H11ClF2O. The smallest absolute Gasteiger partial charge is 0.167 e. The molecular weight excluding hydrogens is 270 g/mol. The molecule has 0 radical (unpaired) electrons. The molecule has 0 unspecified atom stereocenters. The molecule has 0 aliphatic carbocycles. The Balaban J connectivity index is 2.25. The zero-order chi connectivity index (χ0) is 14.0. The largest absolute Gasteiger partial charge is 0.294 e. The lowest BCUT2D eigenvalue weighted by Crippen LogP contribution is -2.07. The molecule has 0 atom stereocenters. The van der Waals surface area contributed by atoms with E-state index in [-0.39, 0.29) is 17.8 Å². The molecule has 0 heterocycles. The van der Waals surface area contributed by atoms with E-state index in [0.717, 1.165) is 17.7 Å². The van der Waals surface area contributed by atoms with Gasteiger partial charge < -0.3 is 0 Å². The Bertz CT molecular complexity index is 638. The predicted octanol–water partition coefficient (Wildman–Crippen LogP) is 4.35. The number of benzene rings is 2. The summed E-state index contributed by atoms with van der Waals surface area (Å²) < 4.78 is 26.3. The molecule has 98 valence electrons. The third-order valence-electron chi connectivity index (χ3n) is 2.85. The molecule has 0 aromatic heterocycles. The Kier molecular flexibility index (Phi) is 3.96. The average Bonchev–Trinajstić information content (AvgIpc) is 2.32. The molecule has 2 aromatic rings. The summed E-state index contributed by atoms with van der Waals surface area (Å²) in [5, 5.41) is 0.544. The van der Waals surface area contributed by atoms with Crippen molar-refractivity contribution in [2.24, 2.45) is 0 Å². The van der Waals surface area contributed by atoms with Crippen LogP contribution in [0.5, 0.6) is 0 Å². The van der Waals surface area contributed by atoms with Crippen molar-refractivity contribution in [2.45, 2.75) is 13.3 Å². The maximum absolute atomic E-state index is 13.5. The van der Waals surface area contributed by atoms with E-state index in [2.05, 4.69) is 0 Å². The molecule has 1 nitrogen and oxygen atoms in total. The number of carbonyl (C=O) groups is 1. The van der Waals surface area contributed by atoms with Crippen LogP contribution in [0.2, 0.25) is 5.02 Å². The van der Waals surface area contributed by atoms with Crippen LogP contribution in [0.1, 0.15) is 21.5 Å². The fourth-order valence-corrected chi connectivity index (χ4v) is 2.10. The van der Waals surface area contributed by atoms with Crippen molar-refractivity contribution in [1.82, 2.24) is 0 Å². The number of halogens is 3. The van der Waals surface area contributed by atoms with E-state index in [1.807, 2.05) is 0 Å². The first-order chi connectivity index (χ1) is 8.97. The topological polar surface area (TPSA) is 17.1 Å². The number of aryl methyl sites for hydroxylation is 1. The van der Waals surface area contributed by atoms with Gasteiger partial charge in [0.1, 0.15) is 11.6 Å². The summed E-state index contributed by atoms with van der Waals surface area (Å²) in [5.41, 5.74) is 1.41. The molecule has 0 fully saturated rings. The fraction of sp³-hybridized carbons (Fsp3) is 0.133. The Labute approximate surface area is 114 Å². The molecule has 0 amide bonds. The molecule has 2 rings (SSSR count). The van der Waals surface area contributed by atoms with E-state index in [1.54, 1.807) is 25.1 Å². The Morgan fingerprint density at radius 1 is 1.16 bits per heavy atom. The number of Topliss-reactive ketones (excluding diaryl/α,β-unsaturated/α-hetero) is 1. The molecule has 0 saturated carbocycles. The summed E-state index contributed by atoms with van der Waals surface area (Å²) in [6.45, 7) is 1.76. The molecule has 0 saturated heterocycles. The van der Waals surface area contributed by atoms with Gasteiger partial charge >= 0.3 is 0 Å². The minimum atomic E-state index is -0.708. The monoisotopic (exact) mass is 280 g/mol. The SMILES string of the molecule is Cc1cc(Cl)ccc1C(=O)Cc1ccc(F)cc1F. The number of rotatable bonds is 3. The third-order valence-corrected chi connectivity index (χ3v) is 3.09. The van der Waals surface area contributed by atoms with Gasteiger partial charge in [0.25, 0.3) is 0 Å². The van der Waals surface area contributed by atoms with Crippen LogP contribution in [0, 0.1) is 18.6 Å². The van der Waals surface area contributed by atoms with Crippen LogP contribution in [-0.4, -0.2) is 5.78 Å². The first kappa shape index (κ1) is 13.7. The Morgan fingerprint density at radius 2 is 1.89 bits per heavy atom. The van der Waals surface area contributed by atoms with Crippen LogP contribution < -0.4 is 0 Å². The number of hydrogen-bond donors (Lipinski definition) is 0. The number of ketones is 1. The van der Waals surface area contributed by atoms with Gasteiger partial charge in [0.15, 0.2) is 5.78 Å². The normalized spacial score (nSPS) is 10.5. The third kappa shape index (κ3) is 3.18. The lowest BCUT2D eigenvalue weighted by atomic mass is 9.99. The molecule has 0 aliphatic heterocycles. The first-order valence-corrected chi connectivity index (χ1v) is 6.08. The number of hydrogen-bond acceptors (Lipinski definition) is 1. The van der Waals surface area contributed by atoms with Crippen molar-refractivity contribution in [1.29, 1.82) is 0 Å². The summed E-state index contributed by atoms with van der Waals surface area (Å²) >= 11 is 5.81.